The third-order valence-electron chi connectivity index (χ3n) is 4.66. The first kappa shape index (κ1) is 19.8. The van der Waals surface area contributed by atoms with Gasteiger partial charge >= 0.3 is 6.09 Å². The van der Waals surface area contributed by atoms with E-state index >= 15 is 0 Å². The molecule has 1 saturated carbocycles. The molecule has 2 heterocycles. The molecule has 0 unspecified atom stereocenters. The van der Waals surface area contributed by atoms with Crippen molar-refractivity contribution in [3.05, 3.63) is 11.3 Å². The fourth-order valence-electron chi connectivity index (χ4n) is 3.21. The molecule has 1 fully saturated rings. The first-order valence-corrected chi connectivity index (χ1v) is 10.3. The van der Waals surface area contributed by atoms with Crippen LogP contribution in [0.1, 0.15) is 58.4 Å². The monoisotopic (exact) mass is 392 g/mol. The molecule has 0 radical (unpaired) electrons. The zero-order valence-corrected chi connectivity index (χ0v) is 17.5. The normalized spacial score (nSPS) is 20.5. The summed E-state index contributed by atoms with van der Waals surface area (Å²) < 4.78 is 11.6. The summed E-state index contributed by atoms with van der Waals surface area (Å²) in [5.41, 5.74) is 0.280. The van der Waals surface area contributed by atoms with Gasteiger partial charge in [-0.1, -0.05) is 18.3 Å². The van der Waals surface area contributed by atoms with Crippen LogP contribution < -0.4 is 4.74 Å². The summed E-state index contributed by atoms with van der Waals surface area (Å²) in [6.07, 6.45) is 5.73. The molecule has 148 valence electrons. The third-order valence-corrected chi connectivity index (χ3v) is 5.77. The minimum atomic E-state index is -0.477. The van der Waals surface area contributed by atoms with E-state index in [1.165, 1.54) is 6.33 Å². The summed E-state index contributed by atoms with van der Waals surface area (Å²) in [6, 6.07) is 0.177. The number of carbonyl (C=O) groups is 1. The Bertz CT molecular complexity index is 794. The maximum atomic E-state index is 12.3. The van der Waals surface area contributed by atoms with Crippen LogP contribution in [-0.2, 0) is 11.2 Å². The van der Waals surface area contributed by atoms with Gasteiger partial charge in [-0.3, -0.25) is 0 Å². The number of fused-ring (bicyclic) bond motifs is 1. The van der Waals surface area contributed by atoms with Gasteiger partial charge in [-0.15, -0.1) is 0 Å². The standard InChI is InChI=1S/C19H28N4O3S/c1-6-14-22-15-16(20-11-21-17(15)27-14)25-13-9-7-12(8-10-13)23(5)18(24)26-19(2,3)4/h11-13H,6-10H2,1-5H3/t12-,13-. The van der Waals surface area contributed by atoms with Crippen molar-refractivity contribution in [2.24, 2.45) is 0 Å². The molecule has 0 saturated heterocycles. The predicted molar refractivity (Wildman–Crippen MR) is 105 cm³/mol. The Hall–Kier alpha value is -1.96. The number of ether oxygens (including phenoxy) is 2. The van der Waals surface area contributed by atoms with Crippen LogP contribution in [0.4, 0.5) is 4.79 Å². The van der Waals surface area contributed by atoms with Gasteiger partial charge in [-0.2, -0.15) is 4.98 Å². The summed E-state index contributed by atoms with van der Waals surface area (Å²) in [4.78, 5) is 28.0. The van der Waals surface area contributed by atoms with Crippen molar-refractivity contribution in [2.75, 3.05) is 7.05 Å². The second-order valence-corrected chi connectivity index (χ2v) is 9.00. The zero-order valence-electron chi connectivity index (χ0n) is 16.7. The SMILES string of the molecule is CCc1nc2c(O[C@H]3CC[C@H](N(C)C(=O)OC(C)(C)C)CC3)ncnc2s1. The number of hydrogen-bond donors (Lipinski definition) is 0. The zero-order chi connectivity index (χ0) is 19.6. The van der Waals surface area contributed by atoms with Crippen LogP contribution in [0.3, 0.4) is 0 Å². The van der Waals surface area contributed by atoms with Crippen LogP contribution in [0.25, 0.3) is 10.3 Å². The molecule has 0 aromatic carbocycles. The molecule has 1 aliphatic carbocycles. The van der Waals surface area contributed by atoms with Crippen molar-refractivity contribution in [1.82, 2.24) is 19.9 Å². The summed E-state index contributed by atoms with van der Waals surface area (Å²) in [5.74, 6) is 0.569. The molecule has 3 rings (SSSR count). The Morgan fingerprint density at radius 3 is 2.59 bits per heavy atom. The molecule has 8 heteroatoms. The van der Waals surface area contributed by atoms with Crippen LogP contribution in [0.15, 0.2) is 6.33 Å². The molecule has 2 aromatic heterocycles. The molecule has 0 spiro atoms. The van der Waals surface area contributed by atoms with Gasteiger partial charge in [0.2, 0.25) is 5.88 Å². The molecule has 1 amide bonds. The summed E-state index contributed by atoms with van der Waals surface area (Å²) in [5, 5.41) is 1.04. The molecule has 0 bridgehead atoms. The average molecular weight is 393 g/mol. The Morgan fingerprint density at radius 2 is 1.96 bits per heavy atom. The lowest BCUT2D eigenvalue weighted by molar-refractivity contribution is 0.0137. The summed E-state index contributed by atoms with van der Waals surface area (Å²) >= 11 is 1.59. The smallest absolute Gasteiger partial charge is 0.410 e. The fourth-order valence-corrected chi connectivity index (χ4v) is 4.04. The predicted octanol–water partition coefficient (Wildman–Crippen LogP) is 4.21. The van der Waals surface area contributed by atoms with E-state index < -0.39 is 5.60 Å². The van der Waals surface area contributed by atoms with E-state index in [9.17, 15) is 4.79 Å². The average Bonchev–Trinajstić information content (AvgIpc) is 3.05. The molecule has 0 aliphatic heterocycles. The van der Waals surface area contributed by atoms with Gasteiger partial charge < -0.3 is 14.4 Å². The number of aromatic nitrogens is 3. The van der Waals surface area contributed by atoms with Gasteiger partial charge in [0.05, 0.1) is 5.01 Å². The second-order valence-electron chi connectivity index (χ2n) is 7.93. The molecule has 1 aliphatic rings. The van der Waals surface area contributed by atoms with E-state index in [0.29, 0.717) is 5.88 Å². The minimum absolute atomic E-state index is 0.0816. The molecule has 7 nitrogen and oxygen atoms in total. The molecule has 2 aromatic rings. The highest BCUT2D eigenvalue weighted by Crippen LogP contribution is 2.30. The van der Waals surface area contributed by atoms with E-state index in [-0.39, 0.29) is 18.2 Å². The summed E-state index contributed by atoms with van der Waals surface area (Å²) in [6.45, 7) is 7.73. The van der Waals surface area contributed by atoms with Crippen LogP contribution in [0.2, 0.25) is 0 Å². The number of carbonyl (C=O) groups excluding carboxylic acids is 1. The number of thiazole rings is 1. The van der Waals surface area contributed by atoms with Crippen molar-refractivity contribution >= 4 is 27.8 Å². The topological polar surface area (TPSA) is 77.4 Å². The van der Waals surface area contributed by atoms with Crippen molar-refractivity contribution in [3.8, 4) is 5.88 Å². The lowest BCUT2D eigenvalue weighted by Gasteiger charge is -2.35. The van der Waals surface area contributed by atoms with Crippen molar-refractivity contribution < 1.29 is 14.3 Å². The number of rotatable bonds is 4. The number of hydrogen-bond acceptors (Lipinski definition) is 7. The van der Waals surface area contributed by atoms with Gasteiger partial charge in [0.25, 0.3) is 0 Å². The summed E-state index contributed by atoms with van der Waals surface area (Å²) in [7, 11) is 1.81. The Balaban J connectivity index is 1.58. The third kappa shape index (κ3) is 4.86. The Labute approximate surface area is 164 Å². The van der Waals surface area contributed by atoms with E-state index in [0.717, 1.165) is 47.5 Å². The van der Waals surface area contributed by atoms with Crippen molar-refractivity contribution in [3.63, 3.8) is 0 Å². The molecule has 0 atom stereocenters. The van der Waals surface area contributed by atoms with Gasteiger partial charge in [0.15, 0.2) is 10.3 Å². The quantitative estimate of drug-likeness (QED) is 0.776. The molecular weight excluding hydrogens is 364 g/mol. The lowest BCUT2D eigenvalue weighted by Crippen LogP contribution is -2.43. The Morgan fingerprint density at radius 1 is 1.26 bits per heavy atom. The first-order chi connectivity index (χ1) is 12.8. The number of aryl methyl sites for hydroxylation is 1. The Kier molecular flexibility index (Phi) is 5.83. The van der Waals surface area contributed by atoms with Gasteiger partial charge in [0.1, 0.15) is 18.0 Å². The largest absolute Gasteiger partial charge is 0.473 e. The fraction of sp³-hybridized carbons (Fsp3) is 0.684. The highest BCUT2D eigenvalue weighted by atomic mass is 32.1. The molecule has 0 N–H and O–H groups in total. The van der Waals surface area contributed by atoms with Crippen molar-refractivity contribution in [1.29, 1.82) is 0 Å². The van der Waals surface area contributed by atoms with Crippen molar-refractivity contribution in [2.45, 2.75) is 77.5 Å². The highest BCUT2D eigenvalue weighted by molar-refractivity contribution is 7.18. The minimum Gasteiger partial charge on any atom is -0.473 e. The van der Waals surface area contributed by atoms with Crippen LogP contribution in [-0.4, -0.2) is 50.7 Å². The van der Waals surface area contributed by atoms with Crippen LogP contribution in [0, 0.1) is 0 Å². The highest BCUT2D eigenvalue weighted by Gasteiger charge is 2.30. The van der Waals surface area contributed by atoms with Gasteiger partial charge in [0, 0.05) is 13.1 Å². The maximum absolute atomic E-state index is 12.3. The second kappa shape index (κ2) is 7.96. The van der Waals surface area contributed by atoms with E-state index in [2.05, 4.69) is 21.9 Å². The molecular formula is C19H28N4O3S. The maximum Gasteiger partial charge on any atom is 0.410 e. The lowest BCUT2D eigenvalue weighted by atomic mass is 9.92. The van der Waals surface area contributed by atoms with Gasteiger partial charge in [-0.05, 0) is 52.9 Å². The first-order valence-electron chi connectivity index (χ1n) is 9.49. The van der Waals surface area contributed by atoms with E-state index in [1.807, 2.05) is 27.8 Å². The molecule has 27 heavy (non-hydrogen) atoms. The number of nitrogens with zero attached hydrogens (tertiary/aromatic N) is 4. The van der Waals surface area contributed by atoms with Gasteiger partial charge in [-0.25, -0.2) is 14.8 Å². The number of amides is 1. The van der Waals surface area contributed by atoms with E-state index in [1.54, 1.807) is 16.2 Å². The van der Waals surface area contributed by atoms with E-state index in [4.69, 9.17) is 9.47 Å². The van der Waals surface area contributed by atoms with Crippen LogP contribution >= 0.6 is 11.3 Å². The van der Waals surface area contributed by atoms with Crippen LogP contribution in [0.5, 0.6) is 5.88 Å².